The average molecular weight is 474 g/mol. The van der Waals surface area contributed by atoms with Crippen LogP contribution < -0.4 is 16.3 Å². The van der Waals surface area contributed by atoms with Gasteiger partial charge >= 0.3 is 5.97 Å². The Balaban J connectivity index is 1.82. The first-order valence-electron chi connectivity index (χ1n) is 10.2. The molecule has 0 radical (unpaired) electrons. The zero-order valence-electron chi connectivity index (χ0n) is 18.4. The minimum atomic E-state index is -0.975. The Bertz CT molecular complexity index is 1340. The van der Waals surface area contributed by atoms with Gasteiger partial charge in [0.2, 0.25) is 5.43 Å². The monoisotopic (exact) mass is 473 g/mol. The standard InChI is InChI=1S/C23H24ClN3O6/c1-23(2,3)22(32)33-10-7-25-20(30)16-13-26-8-9-27(12-14-5-4-6-15(24)11-14)21(31)17(26)19(29)18(16)28/h4-6,8-9,11,13,29H,7,10,12H2,1-3H3,(H,25,30). The first-order valence-corrected chi connectivity index (χ1v) is 10.5. The van der Waals surface area contributed by atoms with E-state index in [9.17, 15) is 24.3 Å². The Kier molecular flexibility index (Phi) is 6.92. The van der Waals surface area contributed by atoms with E-state index in [0.29, 0.717) is 5.02 Å². The zero-order chi connectivity index (χ0) is 24.3. The van der Waals surface area contributed by atoms with Crippen LogP contribution in [-0.4, -0.2) is 39.1 Å². The maximum absolute atomic E-state index is 12.9. The molecule has 0 saturated heterocycles. The van der Waals surface area contributed by atoms with Gasteiger partial charge in [-0.25, -0.2) is 0 Å². The number of amides is 1. The SMILES string of the molecule is CC(C)(C)C(=O)OCCNC(=O)c1cn2ccn(Cc3cccc(Cl)c3)c(=O)c2c(O)c1=O. The second kappa shape index (κ2) is 9.50. The molecule has 0 spiro atoms. The summed E-state index contributed by atoms with van der Waals surface area (Å²) in [6.45, 7) is 5.20. The highest BCUT2D eigenvalue weighted by atomic mass is 35.5. The fourth-order valence-electron chi connectivity index (χ4n) is 3.04. The predicted molar refractivity (Wildman–Crippen MR) is 123 cm³/mol. The smallest absolute Gasteiger partial charge is 0.311 e. The van der Waals surface area contributed by atoms with Crippen molar-refractivity contribution >= 4 is 29.0 Å². The molecule has 3 aromatic rings. The van der Waals surface area contributed by atoms with E-state index in [1.54, 1.807) is 45.0 Å². The van der Waals surface area contributed by atoms with Gasteiger partial charge in [-0.15, -0.1) is 0 Å². The molecule has 174 valence electrons. The highest BCUT2D eigenvalue weighted by molar-refractivity contribution is 6.30. The summed E-state index contributed by atoms with van der Waals surface area (Å²) in [6, 6.07) is 6.96. The van der Waals surface area contributed by atoms with E-state index >= 15 is 0 Å². The number of nitrogens with zero attached hydrogens (tertiary/aromatic N) is 2. The molecule has 0 aliphatic heterocycles. The molecule has 0 bridgehead atoms. The molecule has 2 aromatic heterocycles. The lowest BCUT2D eigenvalue weighted by atomic mass is 9.97. The Morgan fingerprint density at radius 1 is 1.18 bits per heavy atom. The van der Waals surface area contributed by atoms with Crippen LogP contribution in [0.1, 0.15) is 36.7 Å². The quantitative estimate of drug-likeness (QED) is 0.418. The third-order valence-corrected chi connectivity index (χ3v) is 5.04. The van der Waals surface area contributed by atoms with Crippen LogP contribution in [-0.2, 0) is 16.1 Å². The molecule has 0 aliphatic rings. The highest BCUT2D eigenvalue weighted by Crippen LogP contribution is 2.15. The number of hydrogen-bond donors (Lipinski definition) is 2. The Morgan fingerprint density at radius 3 is 2.58 bits per heavy atom. The van der Waals surface area contributed by atoms with Gasteiger partial charge in [0.1, 0.15) is 12.2 Å². The number of ether oxygens (including phenoxy) is 1. The van der Waals surface area contributed by atoms with Crippen molar-refractivity contribution < 1.29 is 19.4 Å². The largest absolute Gasteiger partial charge is 0.503 e. The molecular formula is C23H24ClN3O6. The number of carbonyl (C=O) groups is 2. The van der Waals surface area contributed by atoms with Crippen molar-refractivity contribution in [2.45, 2.75) is 27.3 Å². The van der Waals surface area contributed by atoms with Crippen LogP contribution in [0, 0.1) is 5.41 Å². The Labute approximate surface area is 194 Å². The normalized spacial score (nSPS) is 11.4. The van der Waals surface area contributed by atoms with E-state index in [1.807, 2.05) is 0 Å². The van der Waals surface area contributed by atoms with Gasteiger partial charge in [-0.3, -0.25) is 19.2 Å². The maximum Gasteiger partial charge on any atom is 0.311 e. The van der Waals surface area contributed by atoms with Crippen molar-refractivity contribution in [2.24, 2.45) is 5.41 Å². The molecule has 9 nitrogen and oxygen atoms in total. The number of nitrogens with one attached hydrogen (secondary N) is 1. The number of fused-ring (bicyclic) bond motifs is 1. The first kappa shape index (κ1) is 24.1. The van der Waals surface area contributed by atoms with Crippen LogP contribution in [0.2, 0.25) is 5.02 Å². The summed E-state index contributed by atoms with van der Waals surface area (Å²) in [5, 5.41) is 13.4. The average Bonchev–Trinajstić information content (AvgIpc) is 2.74. The molecule has 0 saturated carbocycles. The molecule has 0 fully saturated rings. The second-order valence-corrected chi connectivity index (χ2v) is 8.92. The van der Waals surface area contributed by atoms with Gasteiger partial charge in [0.25, 0.3) is 11.5 Å². The van der Waals surface area contributed by atoms with Crippen molar-refractivity contribution in [1.82, 2.24) is 14.3 Å². The number of hydrogen-bond acceptors (Lipinski definition) is 6. The molecule has 3 rings (SSSR count). The van der Waals surface area contributed by atoms with Crippen molar-refractivity contribution in [2.75, 3.05) is 13.2 Å². The molecule has 0 unspecified atom stereocenters. The summed E-state index contributed by atoms with van der Waals surface area (Å²) in [4.78, 5) is 49.7. The van der Waals surface area contributed by atoms with E-state index < -0.39 is 34.0 Å². The van der Waals surface area contributed by atoms with Crippen LogP contribution >= 0.6 is 11.6 Å². The lowest BCUT2D eigenvalue weighted by molar-refractivity contribution is -0.152. The summed E-state index contributed by atoms with van der Waals surface area (Å²) in [5.74, 6) is -2.01. The van der Waals surface area contributed by atoms with E-state index in [2.05, 4.69) is 5.32 Å². The van der Waals surface area contributed by atoms with Crippen molar-refractivity contribution in [3.63, 3.8) is 0 Å². The minimum absolute atomic E-state index is 0.0230. The highest BCUT2D eigenvalue weighted by Gasteiger charge is 2.23. The minimum Gasteiger partial charge on any atom is -0.503 e. The van der Waals surface area contributed by atoms with E-state index in [1.165, 1.54) is 27.6 Å². The molecule has 33 heavy (non-hydrogen) atoms. The van der Waals surface area contributed by atoms with E-state index in [0.717, 1.165) is 5.56 Å². The maximum atomic E-state index is 12.9. The van der Waals surface area contributed by atoms with Gasteiger partial charge in [0, 0.05) is 23.6 Å². The number of esters is 1. The summed E-state index contributed by atoms with van der Waals surface area (Å²) >= 11 is 5.98. The van der Waals surface area contributed by atoms with Crippen LogP contribution in [0.3, 0.4) is 0 Å². The predicted octanol–water partition coefficient (Wildman–Crippen LogP) is 2.19. The number of aromatic nitrogens is 2. The van der Waals surface area contributed by atoms with Crippen molar-refractivity contribution in [1.29, 1.82) is 0 Å². The summed E-state index contributed by atoms with van der Waals surface area (Å²) in [6.07, 6.45) is 4.12. The molecule has 0 atom stereocenters. The summed E-state index contributed by atoms with van der Waals surface area (Å²) in [7, 11) is 0. The zero-order valence-corrected chi connectivity index (χ0v) is 19.2. The van der Waals surface area contributed by atoms with Crippen molar-refractivity contribution in [3.8, 4) is 5.75 Å². The van der Waals surface area contributed by atoms with Gasteiger partial charge in [-0.05, 0) is 38.5 Å². The van der Waals surface area contributed by atoms with Crippen LogP contribution in [0.5, 0.6) is 5.75 Å². The van der Waals surface area contributed by atoms with Crippen molar-refractivity contribution in [3.05, 3.63) is 79.6 Å². The summed E-state index contributed by atoms with van der Waals surface area (Å²) < 4.78 is 7.61. The number of rotatable bonds is 6. The van der Waals surface area contributed by atoms with E-state index in [4.69, 9.17) is 16.3 Å². The topological polar surface area (TPSA) is 119 Å². The fourth-order valence-corrected chi connectivity index (χ4v) is 3.26. The van der Waals surface area contributed by atoms with Gasteiger partial charge in [-0.2, -0.15) is 0 Å². The van der Waals surface area contributed by atoms with Gasteiger partial charge in [0.15, 0.2) is 11.3 Å². The van der Waals surface area contributed by atoms with Crippen LogP contribution in [0.15, 0.2) is 52.4 Å². The third-order valence-electron chi connectivity index (χ3n) is 4.80. The van der Waals surface area contributed by atoms with E-state index in [-0.39, 0.29) is 30.8 Å². The number of aromatic hydroxyl groups is 1. The first-order chi connectivity index (χ1) is 15.5. The number of carbonyl (C=O) groups excluding carboxylic acids is 2. The number of benzene rings is 1. The lowest BCUT2D eigenvalue weighted by Crippen LogP contribution is -2.34. The Hall–Kier alpha value is -3.59. The third kappa shape index (κ3) is 5.43. The molecule has 2 N–H and O–H groups in total. The molecule has 2 heterocycles. The Morgan fingerprint density at radius 2 is 1.91 bits per heavy atom. The molecular weight excluding hydrogens is 450 g/mol. The van der Waals surface area contributed by atoms with Gasteiger partial charge < -0.3 is 24.1 Å². The van der Waals surface area contributed by atoms with Crippen LogP contribution in [0.4, 0.5) is 0 Å². The second-order valence-electron chi connectivity index (χ2n) is 8.48. The number of pyridine rings is 1. The van der Waals surface area contributed by atoms with Crippen LogP contribution in [0.25, 0.3) is 5.52 Å². The molecule has 1 amide bonds. The molecule has 0 aliphatic carbocycles. The lowest BCUT2D eigenvalue weighted by Gasteiger charge is -2.16. The summed E-state index contributed by atoms with van der Waals surface area (Å²) in [5.41, 5.74) is -2.09. The van der Waals surface area contributed by atoms with Gasteiger partial charge in [-0.1, -0.05) is 23.7 Å². The molecule has 1 aromatic carbocycles. The molecule has 10 heteroatoms. The fraction of sp³-hybridized carbons (Fsp3) is 0.304. The van der Waals surface area contributed by atoms with Gasteiger partial charge in [0.05, 0.1) is 18.5 Å². The number of halogens is 1.